The first kappa shape index (κ1) is 98.2. The molecule has 38 heteroatoms. The van der Waals surface area contributed by atoms with Crippen LogP contribution in [-0.2, 0) is 78.1 Å². The van der Waals surface area contributed by atoms with Gasteiger partial charge in [-0.05, 0) is 174 Å². The predicted molar refractivity (Wildman–Crippen MR) is 409 cm³/mol. The van der Waals surface area contributed by atoms with Crippen molar-refractivity contribution in [3.8, 4) is 0 Å². The minimum atomic E-state index is -1.92. The summed E-state index contributed by atoms with van der Waals surface area (Å²) in [7, 11) is 0. The zero-order valence-electron chi connectivity index (χ0n) is 68.3. The van der Waals surface area contributed by atoms with Crippen LogP contribution in [0.2, 0.25) is 0 Å². The highest BCUT2D eigenvalue weighted by Gasteiger charge is 2.39. The molecule has 1 heterocycles. The number of carbonyl (C=O) groups is 15. The van der Waals surface area contributed by atoms with E-state index < -0.39 is 242 Å². The summed E-state index contributed by atoms with van der Waals surface area (Å²) in [5, 5.41) is 60.6. The number of ether oxygens (including phenoxy) is 5. The maximum Gasteiger partial charge on any atom is 0.407 e. The quantitative estimate of drug-likeness (QED) is 0.0488. The normalized spacial score (nSPS) is 20.3. The Morgan fingerprint density at radius 2 is 0.839 bits per heavy atom. The highest BCUT2D eigenvalue weighted by Crippen LogP contribution is 2.16. The van der Waals surface area contributed by atoms with Gasteiger partial charge in [0, 0.05) is 45.7 Å². The van der Waals surface area contributed by atoms with Gasteiger partial charge in [-0.15, -0.1) is 0 Å². The number of hydrogen-bond donors (Lipinski definition) is 18. The van der Waals surface area contributed by atoms with Gasteiger partial charge in [0.2, 0.25) is 59.1 Å². The molecule has 15 amide bonds. The highest BCUT2D eigenvalue weighted by atomic mass is 16.6. The van der Waals surface area contributed by atoms with Gasteiger partial charge in [-0.3, -0.25) is 47.9 Å². The second kappa shape index (κ2) is 46.2. The molecule has 1 fully saturated rings. The number of nitrogens with one attached hydrogen (secondary N) is 15. The number of aliphatic hydroxyl groups is 2. The second-order valence-corrected chi connectivity index (χ2v) is 32.6. The van der Waals surface area contributed by atoms with E-state index in [9.17, 15) is 63.0 Å². The summed E-state index contributed by atoms with van der Waals surface area (Å²) in [6.45, 7) is 27.9. The maximum atomic E-state index is 15.3. The van der Waals surface area contributed by atoms with Gasteiger partial charge in [-0.25, -0.2) is 24.0 Å². The van der Waals surface area contributed by atoms with E-state index in [0.29, 0.717) is 5.56 Å². The molecular weight excluding hydrogens is 1460 g/mol. The minimum absolute atomic E-state index is 0.100. The molecule has 112 heavy (non-hydrogen) atoms. The van der Waals surface area contributed by atoms with Crippen molar-refractivity contribution in [3.63, 3.8) is 0 Å². The zero-order chi connectivity index (χ0) is 85.2. The van der Waals surface area contributed by atoms with Crippen LogP contribution >= 0.6 is 0 Å². The first-order valence-corrected chi connectivity index (χ1v) is 37.8. The summed E-state index contributed by atoms with van der Waals surface area (Å²) < 4.78 is 26.8. The van der Waals surface area contributed by atoms with Crippen LogP contribution in [0.4, 0.5) is 24.0 Å². The Kier molecular flexibility index (Phi) is 40.5. The summed E-state index contributed by atoms with van der Waals surface area (Å²) in [4.78, 5) is 212. The smallest absolute Gasteiger partial charge is 0.407 e. The lowest BCUT2D eigenvalue weighted by molar-refractivity contribution is -0.136. The molecule has 2 rings (SSSR count). The van der Waals surface area contributed by atoms with E-state index in [4.69, 9.17) is 29.4 Å². The molecule has 0 aromatic heterocycles. The summed E-state index contributed by atoms with van der Waals surface area (Å²) in [6, 6.07) is -8.94. The van der Waals surface area contributed by atoms with Crippen molar-refractivity contribution in [2.45, 2.75) is 296 Å². The lowest BCUT2D eigenvalue weighted by Gasteiger charge is -2.29. The molecule has 1 aromatic carbocycles. The molecule has 12 atom stereocenters. The van der Waals surface area contributed by atoms with Crippen LogP contribution in [0.5, 0.6) is 0 Å². The molecule has 0 spiro atoms. The minimum Gasteiger partial charge on any atom is -0.444 e. The molecule has 1 saturated heterocycles. The molecule has 19 N–H and O–H groups in total. The number of hydrogen-bond acceptors (Lipinski definition) is 23. The third kappa shape index (κ3) is 41.4. The van der Waals surface area contributed by atoms with Gasteiger partial charge in [0.25, 0.3) is 0 Å². The number of nitrogens with two attached hydrogens (primary N) is 1. The molecule has 1 aromatic rings. The number of aliphatic hydroxyl groups excluding tert-OH is 2. The Morgan fingerprint density at radius 3 is 1.25 bits per heavy atom. The first-order valence-electron chi connectivity index (χ1n) is 37.8. The fourth-order valence-electron chi connectivity index (χ4n) is 10.5. The van der Waals surface area contributed by atoms with Gasteiger partial charge in [-0.2, -0.15) is 0 Å². The number of alkyl carbamates (subject to hydrolysis) is 5. The van der Waals surface area contributed by atoms with Gasteiger partial charge in [0.15, 0.2) is 0 Å². The van der Waals surface area contributed by atoms with E-state index in [2.05, 4.69) is 79.8 Å². The molecular formula is C74H126N16O22. The maximum absolute atomic E-state index is 15.3. The van der Waals surface area contributed by atoms with Gasteiger partial charge >= 0.3 is 30.5 Å². The van der Waals surface area contributed by atoms with Gasteiger partial charge in [0.05, 0.1) is 18.2 Å². The topological polar surface area (TPSA) is 549 Å². The summed E-state index contributed by atoms with van der Waals surface area (Å²) >= 11 is 0. The van der Waals surface area contributed by atoms with E-state index in [1.54, 1.807) is 155 Å². The average molecular weight is 1590 g/mol. The average Bonchev–Trinajstić information content (AvgIpc) is 0.939. The van der Waals surface area contributed by atoms with Crippen molar-refractivity contribution in [1.82, 2.24) is 79.8 Å². The highest BCUT2D eigenvalue weighted by molar-refractivity contribution is 5.99. The van der Waals surface area contributed by atoms with Crippen molar-refractivity contribution in [3.05, 3.63) is 35.9 Å². The number of amides is 15. The molecule has 0 radical (unpaired) electrons. The second-order valence-electron chi connectivity index (χ2n) is 32.6. The van der Waals surface area contributed by atoms with Crippen LogP contribution in [0, 0.1) is 5.92 Å². The molecule has 1 aliphatic rings. The van der Waals surface area contributed by atoms with E-state index in [-0.39, 0.29) is 57.7 Å². The van der Waals surface area contributed by atoms with Crippen LogP contribution in [0.1, 0.15) is 195 Å². The van der Waals surface area contributed by atoms with E-state index >= 15 is 19.2 Å². The predicted octanol–water partition coefficient (Wildman–Crippen LogP) is 0.601. The summed E-state index contributed by atoms with van der Waals surface area (Å²) in [5.41, 5.74) is 1.84. The van der Waals surface area contributed by atoms with E-state index in [1.165, 1.54) is 0 Å². The third-order valence-electron chi connectivity index (χ3n) is 15.6. The fourth-order valence-corrected chi connectivity index (χ4v) is 10.5. The van der Waals surface area contributed by atoms with Crippen molar-refractivity contribution in [2.24, 2.45) is 11.7 Å². The Morgan fingerprint density at radius 1 is 0.464 bits per heavy atom. The van der Waals surface area contributed by atoms with Crippen LogP contribution in [-0.4, -0.2) is 240 Å². The molecule has 1 aliphatic heterocycles. The molecule has 634 valence electrons. The van der Waals surface area contributed by atoms with E-state index in [1.807, 2.05) is 0 Å². The molecule has 0 unspecified atom stereocenters. The third-order valence-corrected chi connectivity index (χ3v) is 15.6. The Hall–Kier alpha value is -9.85. The standard InChI is InChI=1S/C74H126N16O22/c1-20-24-52(92)54(90-55(93)44(75)27-33-77-65(103)108-70(5,6)7)64(102)86-48(31-37-80-68(106)111-73(14,15)16)58(96)82-45-28-34-76-63(101)53(42(4)91)89-60(98)49(32-38-81-69(107)112-74(17,18)19)84-57(95)46(29-35-78-66(104)109-71(8,9)10)85-61(99)50(39-41(2)3)87-62(100)51(40-43-25-22-21-23-26-43)88-59(97)47(83-56(45)94)30-36-79-67(105)110-72(11,12)13/h21-23,25-26,41-42,44-54,91-92H,20,24,27-40,75H2,1-19H3,(H,76,101)(H,77,103)(H,78,104)(H,79,105)(H,80,106)(H,81,107)(H,82,96)(H,83,94)(H,84,95)(H,85,99)(H,86,102)(H,87,100)(H,88,97)(H,89,98)(H,90,93)/t42-,44+,45+,46+,47+,48+,49+,50+,51-,52-,53+,54+/m1/s1. The molecule has 0 bridgehead atoms. The molecule has 38 nitrogen and oxygen atoms in total. The number of carbonyl (C=O) groups excluding carboxylic acids is 15. The Labute approximate surface area is 655 Å². The van der Waals surface area contributed by atoms with Crippen molar-refractivity contribution >= 4 is 89.5 Å². The van der Waals surface area contributed by atoms with Gasteiger partial charge in [0.1, 0.15) is 82.4 Å². The Balaban J connectivity index is 3.10. The van der Waals surface area contributed by atoms with Crippen LogP contribution < -0.4 is 85.5 Å². The Bertz CT molecular complexity index is 3310. The summed E-state index contributed by atoms with van der Waals surface area (Å²) in [6.07, 6.45) is -10.9. The molecule has 0 saturated carbocycles. The van der Waals surface area contributed by atoms with Gasteiger partial charge < -0.3 is 119 Å². The van der Waals surface area contributed by atoms with Crippen molar-refractivity contribution in [2.75, 3.05) is 39.3 Å². The SMILES string of the molecule is CCC[C@@H](O)[C@H](NC(=O)[C@@H](N)CCNC(=O)OC(C)(C)C)C(=O)N[C@@H](CCNC(=O)OC(C)(C)C)C(=O)N[C@H]1CCNC(=O)[C@H]([C@@H](C)O)NC(=O)[C@H](CCNC(=O)OC(C)(C)C)NC(=O)[C@H](CCNC(=O)OC(C)(C)C)NC(=O)[C@H](CC(C)C)NC(=O)[C@@H](Cc2ccccc2)NC(=O)[C@H](CCNC(=O)OC(C)(C)C)NC1=O. The van der Waals surface area contributed by atoms with Crippen LogP contribution in [0.15, 0.2) is 30.3 Å². The van der Waals surface area contributed by atoms with Crippen LogP contribution in [0.3, 0.4) is 0 Å². The monoisotopic (exact) mass is 1590 g/mol. The zero-order valence-corrected chi connectivity index (χ0v) is 68.3. The number of rotatable bonds is 29. The first-order chi connectivity index (χ1) is 51.7. The lowest BCUT2D eigenvalue weighted by Crippen LogP contribution is -2.62. The number of benzene rings is 1. The fraction of sp³-hybridized carbons (Fsp3) is 0.716. The van der Waals surface area contributed by atoms with E-state index in [0.717, 1.165) is 6.92 Å². The van der Waals surface area contributed by atoms with Crippen molar-refractivity contribution < 1.29 is 106 Å². The summed E-state index contributed by atoms with van der Waals surface area (Å²) in [5.74, 6) is -11.3. The van der Waals surface area contributed by atoms with Crippen LogP contribution in [0.25, 0.3) is 0 Å². The molecule has 0 aliphatic carbocycles. The van der Waals surface area contributed by atoms with Gasteiger partial charge in [-0.1, -0.05) is 57.5 Å². The lowest BCUT2D eigenvalue weighted by atomic mass is 10.00. The largest absolute Gasteiger partial charge is 0.444 e. The van der Waals surface area contributed by atoms with Crippen molar-refractivity contribution in [1.29, 1.82) is 0 Å².